The summed E-state index contributed by atoms with van der Waals surface area (Å²) >= 11 is 0. The van der Waals surface area contributed by atoms with Crippen LogP contribution in [0, 0.1) is 13.8 Å². The summed E-state index contributed by atoms with van der Waals surface area (Å²) in [6.07, 6.45) is 0.911. The molecule has 0 saturated carbocycles. The van der Waals surface area contributed by atoms with Crippen molar-refractivity contribution in [1.82, 2.24) is 0 Å². The molecule has 4 rings (SSSR count). The molecular formula is C30H32N2O3. The van der Waals surface area contributed by atoms with E-state index in [1.807, 2.05) is 80.6 Å². The van der Waals surface area contributed by atoms with Crippen LogP contribution >= 0.6 is 0 Å². The standard InChI is InChI=1S/C30H32N2O3/c1-6-17-35-26-15-10-23(11-16-26)27-28(31-24-12-8-22(9-13-24)19(2)3)30(34)32(29(27)33)25-14-7-20(4)21(5)18-25/h7-16,18-19,31H,6,17H2,1-5H3. The van der Waals surface area contributed by atoms with Crippen LogP contribution in [0.4, 0.5) is 11.4 Å². The lowest BCUT2D eigenvalue weighted by Crippen LogP contribution is -2.32. The van der Waals surface area contributed by atoms with Gasteiger partial charge in [-0.15, -0.1) is 0 Å². The molecule has 180 valence electrons. The van der Waals surface area contributed by atoms with Gasteiger partial charge in [0.25, 0.3) is 11.8 Å². The van der Waals surface area contributed by atoms with Gasteiger partial charge < -0.3 is 10.1 Å². The van der Waals surface area contributed by atoms with Crippen LogP contribution in [0.25, 0.3) is 5.57 Å². The van der Waals surface area contributed by atoms with Crippen molar-refractivity contribution in [1.29, 1.82) is 0 Å². The molecule has 5 heteroatoms. The number of anilines is 2. The first kappa shape index (κ1) is 24.3. The van der Waals surface area contributed by atoms with Gasteiger partial charge in [0, 0.05) is 5.69 Å². The molecule has 1 heterocycles. The normalized spacial score (nSPS) is 13.7. The first-order valence-electron chi connectivity index (χ1n) is 12.1. The summed E-state index contributed by atoms with van der Waals surface area (Å²) in [6.45, 7) is 10.9. The third kappa shape index (κ3) is 4.99. The molecule has 0 atom stereocenters. The van der Waals surface area contributed by atoms with Gasteiger partial charge in [0.1, 0.15) is 11.4 Å². The lowest BCUT2D eigenvalue weighted by molar-refractivity contribution is -0.120. The number of hydrogen-bond acceptors (Lipinski definition) is 4. The largest absolute Gasteiger partial charge is 0.494 e. The minimum Gasteiger partial charge on any atom is -0.494 e. The van der Waals surface area contributed by atoms with Crippen LogP contribution < -0.4 is 15.0 Å². The Morgan fingerprint density at radius 2 is 1.54 bits per heavy atom. The molecule has 0 aromatic heterocycles. The van der Waals surface area contributed by atoms with Crippen LogP contribution in [-0.2, 0) is 9.59 Å². The molecule has 3 aromatic carbocycles. The number of imide groups is 1. The summed E-state index contributed by atoms with van der Waals surface area (Å²) in [5.74, 6) is 0.425. The van der Waals surface area contributed by atoms with Crippen LogP contribution in [0.1, 0.15) is 55.4 Å². The van der Waals surface area contributed by atoms with Gasteiger partial charge in [-0.25, -0.2) is 4.90 Å². The maximum Gasteiger partial charge on any atom is 0.282 e. The summed E-state index contributed by atoms with van der Waals surface area (Å²) < 4.78 is 5.69. The molecule has 0 bridgehead atoms. The van der Waals surface area contributed by atoms with Crippen molar-refractivity contribution in [2.45, 2.75) is 47.0 Å². The van der Waals surface area contributed by atoms with Crippen molar-refractivity contribution in [3.63, 3.8) is 0 Å². The first-order valence-corrected chi connectivity index (χ1v) is 12.1. The minimum absolute atomic E-state index is 0.271. The zero-order chi connectivity index (χ0) is 25.1. The molecule has 1 aliphatic heterocycles. The Hall–Kier alpha value is -3.86. The van der Waals surface area contributed by atoms with Crippen molar-refractivity contribution >= 4 is 28.8 Å². The van der Waals surface area contributed by atoms with E-state index in [1.165, 1.54) is 10.5 Å². The van der Waals surface area contributed by atoms with E-state index in [0.29, 0.717) is 29.3 Å². The summed E-state index contributed by atoms with van der Waals surface area (Å²) in [7, 11) is 0. The molecule has 5 nitrogen and oxygen atoms in total. The van der Waals surface area contributed by atoms with Crippen LogP contribution in [0.5, 0.6) is 5.75 Å². The van der Waals surface area contributed by atoms with E-state index in [4.69, 9.17) is 4.74 Å². The number of nitrogens with zero attached hydrogens (tertiary/aromatic N) is 1. The van der Waals surface area contributed by atoms with Crippen molar-refractivity contribution in [2.24, 2.45) is 0 Å². The van der Waals surface area contributed by atoms with Gasteiger partial charge in [-0.1, -0.05) is 51.1 Å². The Morgan fingerprint density at radius 1 is 0.857 bits per heavy atom. The summed E-state index contributed by atoms with van der Waals surface area (Å²) in [5, 5.41) is 3.25. The number of rotatable bonds is 8. The lowest BCUT2D eigenvalue weighted by atomic mass is 10.0. The number of aryl methyl sites for hydroxylation is 2. The SMILES string of the molecule is CCCOc1ccc(C2=C(Nc3ccc(C(C)C)cc3)C(=O)N(c3ccc(C)c(C)c3)C2=O)cc1. The second-order valence-electron chi connectivity index (χ2n) is 9.24. The Bertz CT molecular complexity index is 1270. The summed E-state index contributed by atoms with van der Waals surface area (Å²) in [5.41, 5.74) is 5.94. The van der Waals surface area contributed by atoms with Gasteiger partial charge >= 0.3 is 0 Å². The number of ether oxygens (including phenoxy) is 1. The number of carbonyl (C=O) groups is 2. The Morgan fingerprint density at radius 3 is 2.14 bits per heavy atom. The van der Waals surface area contributed by atoms with Gasteiger partial charge in [-0.2, -0.15) is 0 Å². The van der Waals surface area contributed by atoms with Crippen LogP contribution in [0.15, 0.2) is 72.4 Å². The molecule has 0 aliphatic carbocycles. The summed E-state index contributed by atoms with van der Waals surface area (Å²) in [4.78, 5) is 28.6. The molecule has 0 radical (unpaired) electrons. The molecule has 1 aliphatic rings. The maximum absolute atomic E-state index is 13.7. The number of nitrogens with one attached hydrogen (secondary N) is 1. The van der Waals surface area contributed by atoms with Crippen LogP contribution in [-0.4, -0.2) is 18.4 Å². The highest BCUT2D eigenvalue weighted by atomic mass is 16.5. The Labute approximate surface area is 207 Å². The van der Waals surface area contributed by atoms with Crippen molar-refractivity contribution < 1.29 is 14.3 Å². The smallest absolute Gasteiger partial charge is 0.282 e. The van der Waals surface area contributed by atoms with Crippen molar-refractivity contribution in [2.75, 3.05) is 16.8 Å². The van der Waals surface area contributed by atoms with Gasteiger partial charge in [0.2, 0.25) is 0 Å². The fourth-order valence-corrected chi connectivity index (χ4v) is 4.05. The lowest BCUT2D eigenvalue weighted by Gasteiger charge is -2.17. The topological polar surface area (TPSA) is 58.6 Å². The maximum atomic E-state index is 13.7. The number of amides is 2. The second-order valence-corrected chi connectivity index (χ2v) is 9.24. The third-order valence-corrected chi connectivity index (χ3v) is 6.30. The van der Waals surface area contributed by atoms with E-state index in [0.717, 1.165) is 29.0 Å². The highest BCUT2D eigenvalue weighted by molar-refractivity contribution is 6.46. The monoisotopic (exact) mass is 468 g/mol. The first-order chi connectivity index (χ1) is 16.8. The zero-order valence-corrected chi connectivity index (χ0v) is 21.0. The highest BCUT2D eigenvalue weighted by Gasteiger charge is 2.40. The fourth-order valence-electron chi connectivity index (χ4n) is 4.05. The van der Waals surface area contributed by atoms with Crippen LogP contribution in [0.2, 0.25) is 0 Å². The van der Waals surface area contributed by atoms with Gasteiger partial charge in [-0.05, 0) is 84.8 Å². The van der Waals surface area contributed by atoms with E-state index >= 15 is 0 Å². The van der Waals surface area contributed by atoms with Crippen molar-refractivity contribution in [3.8, 4) is 5.75 Å². The molecule has 2 amide bonds. The Balaban J connectivity index is 1.75. The van der Waals surface area contributed by atoms with Crippen LogP contribution in [0.3, 0.4) is 0 Å². The molecule has 35 heavy (non-hydrogen) atoms. The Kier molecular flexibility index (Phi) is 7.06. The van der Waals surface area contributed by atoms with E-state index in [9.17, 15) is 9.59 Å². The zero-order valence-electron chi connectivity index (χ0n) is 21.0. The summed E-state index contributed by atoms with van der Waals surface area (Å²) in [6, 6.07) is 20.9. The number of hydrogen-bond donors (Lipinski definition) is 1. The molecule has 0 saturated heterocycles. The molecule has 1 N–H and O–H groups in total. The van der Waals surface area contributed by atoms with Crippen molar-refractivity contribution in [3.05, 3.63) is 94.7 Å². The highest BCUT2D eigenvalue weighted by Crippen LogP contribution is 2.35. The average Bonchev–Trinajstić information content (AvgIpc) is 3.09. The molecular weight excluding hydrogens is 436 g/mol. The predicted molar refractivity (Wildman–Crippen MR) is 142 cm³/mol. The molecule has 0 fully saturated rings. The molecule has 0 spiro atoms. The predicted octanol–water partition coefficient (Wildman–Crippen LogP) is 6.61. The fraction of sp³-hybridized carbons (Fsp3) is 0.267. The molecule has 3 aromatic rings. The minimum atomic E-state index is -0.368. The van der Waals surface area contributed by atoms with Gasteiger partial charge in [0.15, 0.2) is 0 Å². The van der Waals surface area contributed by atoms with E-state index < -0.39 is 0 Å². The number of benzene rings is 3. The van der Waals surface area contributed by atoms with Gasteiger partial charge in [0.05, 0.1) is 17.9 Å². The number of carbonyl (C=O) groups excluding carboxylic acids is 2. The second kappa shape index (κ2) is 10.2. The quantitative estimate of drug-likeness (QED) is 0.378. The average molecular weight is 469 g/mol. The third-order valence-electron chi connectivity index (χ3n) is 6.30. The van der Waals surface area contributed by atoms with Gasteiger partial charge in [-0.3, -0.25) is 9.59 Å². The van der Waals surface area contributed by atoms with E-state index in [1.54, 1.807) is 0 Å². The molecule has 0 unspecified atom stereocenters. The van der Waals surface area contributed by atoms with E-state index in [-0.39, 0.29) is 17.5 Å². The van der Waals surface area contributed by atoms with E-state index in [2.05, 4.69) is 26.1 Å².